The summed E-state index contributed by atoms with van der Waals surface area (Å²) in [6.45, 7) is 0. The van der Waals surface area contributed by atoms with Gasteiger partial charge in [0.15, 0.2) is 6.29 Å². The van der Waals surface area contributed by atoms with Crippen molar-refractivity contribution in [3.05, 3.63) is 34.9 Å². The molecule has 78 valence electrons. The number of benzene rings is 1. The zero-order chi connectivity index (χ0) is 11.3. The topological polar surface area (TPSA) is 17.1 Å². The van der Waals surface area contributed by atoms with Gasteiger partial charge in [0.2, 0.25) is 0 Å². The number of halogens is 3. The Morgan fingerprint density at radius 3 is 2.67 bits per heavy atom. The molecule has 0 atom stereocenters. The number of hydrogen-bond donors (Lipinski definition) is 0. The van der Waals surface area contributed by atoms with E-state index in [1.165, 1.54) is 0 Å². The van der Waals surface area contributed by atoms with Gasteiger partial charge in [0.1, 0.15) is 11.6 Å². The van der Waals surface area contributed by atoms with Crippen molar-refractivity contribution in [2.45, 2.75) is 6.42 Å². The molecule has 0 aliphatic carbocycles. The van der Waals surface area contributed by atoms with Crippen molar-refractivity contribution in [3.8, 4) is 11.8 Å². The Balaban J connectivity index is 3.07. The zero-order valence-corrected chi connectivity index (χ0v) is 9.27. The summed E-state index contributed by atoms with van der Waals surface area (Å²) in [5.41, 5.74) is -0.322. The standard InChI is InChI=1S/C11H7BrF2O/c12-4-2-1-3-8-5-11(14)9(7-15)6-10(8)13/h5-7H,2,4H2. The van der Waals surface area contributed by atoms with Crippen molar-refractivity contribution >= 4 is 22.2 Å². The molecule has 0 bridgehead atoms. The molecule has 0 aliphatic rings. The van der Waals surface area contributed by atoms with Crippen LogP contribution in [0.15, 0.2) is 12.1 Å². The molecule has 15 heavy (non-hydrogen) atoms. The summed E-state index contributed by atoms with van der Waals surface area (Å²) < 4.78 is 26.3. The first-order chi connectivity index (χ1) is 7.19. The Bertz CT molecular complexity index is 432. The molecule has 0 aromatic heterocycles. The van der Waals surface area contributed by atoms with Crippen LogP contribution < -0.4 is 0 Å². The number of carbonyl (C=O) groups is 1. The Hall–Kier alpha value is -1.21. The largest absolute Gasteiger partial charge is 0.298 e. The lowest BCUT2D eigenvalue weighted by molar-refractivity contribution is 0.111. The Labute approximate surface area is 94.6 Å². The average Bonchev–Trinajstić information content (AvgIpc) is 2.23. The van der Waals surface area contributed by atoms with E-state index >= 15 is 0 Å². The molecule has 0 unspecified atom stereocenters. The molecule has 0 radical (unpaired) electrons. The number of rotatable bonds is 2. The van der Waals surface area contributed by atoms with E-state index in [2.05, 4.69) is 27.8 Å². The second kappa shape index (κ2) is 5.62. The van der Waals surface area contributed by atoms with Gasteiger partial charge in [-0.1, -0.05) is 27.8 Å². The van der Waals surface area contributed by atoms with Crippen molar-refractivity contribution in [3.63, 3.8) is 0 Å². The smallest absolute Gasteiger partial charge is 0.153 e. The molecule has 0 fully saturated rings. The van der Waals surface area contributed by atoms with Crippen LogP contribution in [0.2, 0.25) is 0 Å². The van der Waals surface area contributed by atoms with Crippen LogP contribution >= 0.6 is 15.9 Å². The molecule has 0 heterocycles. The average molecular weight is 273 g/mol. The normalized spacial score (nSPS) is 9.27. The molecule has 0 aliphatic heterocycles. The fourth-order valence-electron chi connectivity index (χ4n) is 0.953. The summed E-state index contributed by atoms with van der Waals surface area (Å²) in [6, 6.07) is 1.78. The minimum absolute atomic E-state index is 0.0287. The van der Waals surface area contributed by atoms with Gasteiger partial charge < -0.3 is 0 Å². The third-order valence-electron chi connectivity index (χ3n) is 1.66. The van der Waals surface area contributed by atoms with Crippen LogP contribution in [0.3, 0.4) is 0 Å². The van der Waals surface area contributed by atoms with E-state index in [1.54, 1.807) is 0 Å². The number of alkyl halides is 1. The quantitative estimate of drug-likeness (QED) is 0.460. The summed E-state index contributed by atoms with van der Waals surface area (Å²) in [5, 5.41) is 0.677. The third-order valence-corrected chi connectivity index (χ3v) is 2.05. The molecule has 0 saturated carbocycles. The maximum absolute atomic E-state index is 13.2. The first-order valence-electron chi connectivity index (χ1n) is 4.18. The van der Waals surface area contributed by atoms with Gasteiger partial charge in [-0.2, -0.15) is 0 Å². The molecular formula is C11H7BrF2O. The van der Waals surface area contributed by atoms with Crippen molar-refractivity contribution in [2.75, 3.05) is 5.33 Å². The molecule has 1 rings (SSSR count). The van der Waals surface area contributed by atoms with Gasteiger partial charge >= 0.3 is 0 Å². The van der Waals surface area contributed by atoms with Crippen molar-refractivity contribution in [2.24, 2.45) is 0 Å². The van der Waals surface area contributed by atoms with E-state index in [9.17, 15) is 13.6 Å². The molecule has 1 nitrogen and oxygen atoms in total. The highest BCUT2D eigenvalue weighted by molar-refractivity contribution is 9.09. The molecule has 0 N–H and O–H groups in total. The molecule has 1 aromatic rings. The molecule has 0 saturated heterocycles. The van der Waals surface area contributed by atoms with Crippen LogP contribution in [0.5, 0.6) is 0 Å². The predicted molar refractivity (Wildman–Crippen MR) is 57.0 cm³/mol. The van der Waals surface area contributed by atoms with Crippen LogP contribution in [0.4, 0.5) is 8.78 Å². The summed E-state index contributed by atoms with van der Waals surface area (Å²) in [4.78, 5) is 10.3. The number of hydrogen-bond acceptors (Lipinski definition) is 1. The first kappa shape index (κ1) is 11.9. The van der Waals surface area contributed by atoms with Crippen molar-refractivity contribution in [1.29, 1.82) is 0 Å². The summed E-state index contributed by atoms with van der Waals surface area (Å²) in [5.74, 6) is 3.72. The van der Waals surface area contributed by atoms with E-state index < -0.39 is 11.6 Å². The highest BCUT2D eigenvalue weighted by Gasteiger charge is 2.07. The van der Waals surface area contributed by atoms with E-state index in [1.807, 2.05) is 0 Å². The van der Waals surface area contributed by atoms with Crippen LogP contribution in [-0.2, 0) is 0 Å². The lowest BCUT2D eigenvalue weighted by atomic mass is 10.1. The lowest BCUT2D eigenvalue weighted by Crippen LogP contribution is -1.93. The van der Waals surface area contributed by atoms with Gasteiger partial charge in [0, 0.05) is 11.8 Å². The van der Waals surface area contributed by atoms with Gasteiger partial charge in [-0.25, -0.2) is 8.78 Å². The fourth-order valence-corrected chi connectivity index (χ4v) is 1.15. The van der Waals surface area contributed by atoms with Crippen molar-refractivity contribution < 1.29 is 13.6 Å². The summed E-state index contributed by atoms with van der Waals surface area (Å²) >= 11 is 3.16. The summed E-state index contributed by atoms with van der Waals surface area (Å²) in [6.07, 6.45) is 0.824. The van der Waals surface area contributed by atoms with Gasteiger partial charge in [0.05, 0.1) is 11.1 Å². The second-order valence-electron chi connectivity index (χ2n) is 2.71. The van der Waals surface area contributed by atoms with Crippen LogP contribution in [-0.4, -0.2) is 11.6 Å². The van der Waals surface area contributed by atoms with Gasteiger partial charge in [-0.3, -0.25) is 4.79 Å². The first-order valence-corrected chi connectivity index (χ1v) is 5.30. The zero-order valence-electron chi connectivity index (χ0n) is 7.69. The minimum Gasteiger partial charge on any atom is -0.298 e. The van der Waals surface area contributed by atoms with E-state index in [4.69, 9.17) is 0 Å². The number of aldehydes is 1. The van der Waals surface area contributed by atoms with E-state index in [0.29, 0.717) is 11.8 Å². The van der Waals surface area contributed by atoms with Crippen molar-refractivity contribution in [1.82, 2.24) is 0 Å². The molecule has 0 amide bonds. The predicted octanol–water partition coefficient (Wildman–Crippen LogP) is 2.91. The Kier molecular flexibility index (Phi) is 4.44. The molecule has 4 heteroatoms. The molecule has 0 spiro atoms. The Morgan fingerprint density at radius 1 is 1.33 bits per heavy atom. The summed E-state index contributed by atoms with van der Waals surface area (Å²) in [7, 11) is 0. The maximum atomic E-state index is 13.2. The highest BCUT2D eigenvalue weighted by atomic mass is 79.9. The maximum Gasteiger partial charge on any atom is 0.153 e. The van der Waals surface area contributed by atoms with Gasteiger partial charge in [0.25, 0.3) is 0 Å². The highest BCUT2D eigenvalue weighted by Crippen LogP contribution is 2.12. The number of carbonyl (C=O) groups excluding carboxylic acids is 1. The monoisotopic (exact) mass is 272 g/mol. The fraction of sp³-hybridized carbons (Fsp3) is 0.182. The minimum atomic E-state index is -0.755. The SMILES string of the molecule is O=Cc1cc(F)c(C#CCCBr)cc1F. The van der Waals surface area contributed by atoms with E-state index in [-0.39, 0.29) is 17.4 Å². The van der Waals surface area contributed by atoms with Crippen LogP contribution in [0.25, 0.3) is 0 Å². The molecular weight excluding hydrogens is 266 g/mol. The Morgan fingerprint density at radius 2 is 2.07 bits per heavy atom. The lowest BCUT2D eigenvalue weighted by Gasteiger charge is -1.97. The van der Waals surface area contributed by atoms with Gasteiger partial charge in [-0.05, 0) is 12.1 Å². The van der Waals surface area contributed by atoms with Crippen LogP contribution in [0.1, 0.15) is 22.3 Å². The molecule has 1 aromatic carbocycles. The van der Waals surface area contributed by atoms with Gasteiger partial charge in [-0.15, -0.1) is 0 Å². The third kappa shape index (κ3) is 3.14. The van der Waals surface area contributed by atoms with Crippen LogP contribution in [0, 0.1) is 23.5 Å². The second-order valence-corrected chi connectivity index (χ2v) is 3.51. The van der Waals surface area contributed by atoms with E-state index in [0.717, 1.165) is 12.1 Å².